The Kier molecular flexibility index (Phi) is 3.94. The van der Waals surface area contributed by atoms with Gasteiger partial charge in [0.05, 0.1) is 0 Å². The third-order valence-electron chi connectivity index (χ3n) is 2.96. The van der Waals surface area contributed by atoms with Crippen molar-refractivity contribution in [1.29, 1.82) is 0 Å². The molecule has 0 bridgehead atoms. The van der Waals surface area contributed by atoms with Gasteiger partial charge in [0.2, 0.25) is 0 Å². The fourth-order valence-corrected chi connectivity index (χ4v) is 2.86. The highest BCUT2D eigenvalue weighted by atomic mass is 32.1. The lowest BCUT2D eigenvalue weighted by atomic mass is 9.92. The fraction of sp³-hybridized carbons (Fsp3) is 0.500. The van der Waals surface area contributed by atoms with Crippen LogP contribution in [0.3, 0.4) is 0 Å². The van der Waals surface area contributed by atoms with Crippen molar-refractivity contribution >= 4 is 11.3 Å². The van der Waals surface area contributed by atoms with Crippen LogP contribution in [0.4, 0.5) is 0 Å². The summed E-state index contributed by atoms with van der Waals surface area (Å²) in [4.78, 5) is 1.41. The quantitative estimate of drug-likeness (QED) is 0.467. The molecular formula is C12H18N2S. The van der Waals surface area contributed by atoms with Crippen LogP contribution in [0.1, 0.15) is 30.6 Å². The average molecular weight is 222 g/mol. The highest BCUT2D eigenvalue weighted by molar-refractivity contribution is 7.09. The van der Waals surface area contributed by atoms with Crippen molar-refractivity contribution in [1.82, 2.24) is 5.43 Å². The maximum atomic E-state index is 5.63. The van der Waals surface area contributed by atoms with E-state index < -0.39 is 0 Å². The number of rotatable bonds is 4. The van der Waals surface area contributed by atoms with Crippen molar-refractivity contribution in [3.05, 3.63) is 34.0 Å². The zero-order valence-electron chi connectivity index (χ0n) is 8.91. The van der Waals surface area contributed by atoms with E-state index in [1.165, 1.54) is 36.1 Å². The zero-order valence-corrected chi connectivity index (χ0v) is 9.72. The Morgan fingerprint density at radius 3 is 3.00 bits per heavy atom. The standard InChI is InChI=1S/C12H18N2S/c13-14-12(9-11-7-4-8-15-11)10-5-2-1-3-6-10/h4-5,7-8,12,14H,1-3,6,9,13H2. The van der Waals surface area contributed by atoms with E-state index in [-0.39, 0.29) is 0 Å². The van der Waals surface area contributed by atoms with Crippen molar-refractivity contribution < 1.29 is 0 Å². The summed E-state index contributed by atoms with van der Waals surface area (Å²) in [5.74, 6) is 5.63. The van der Waals surface area contributed by atoms with E-state index in [1.54, 1.807) is 0 Å². The van der Waals surface area contributed by atoms with Crippen molar-refractivity contribution in [2.24, 2.45) is 5.84 Å². The molecule has 0 saturated heterocycles. The van der Waals surface area contributed by atoms with Crippen LogP contribution < -0.4 is 11.3 Å². The highest BCUT2D eigenvalue weighted by Gasteiger charge is 2.15. The molecule has 0 amide bonds. The monoisotopic (exact) mass is 222 g/mol. The number of nitrogens with two attached hydrogens (primary N) is 1. The Morgan fingerprint density at radius 1 is 1.47 bits per heavy atom. The lowest BCUT2D eigenvalue weighted by Gasteiger charge is -2.22. The third-order valence-corrected chi connectivity index (χ3v) is 3.86. The summed E-state index contributed by atoms with van der Waals surface area (Å²) in [6, 6.07) is 4.62. The van der Waals surface area contributed by atoms with Crippen molar-refractivity contribution in [3.8, 4) is 0 Å². The number of allylic oxidation sites excluding steroid dienone is 1. The van der Waals surface area contributed by atoms with Gasteiger partial charge in [-0.25, -0.2) is 0 Å². The van der Waals surface area contributed by atoms with Crippen LogP contribution in [0.5, 0.6) is 0 Å². The van der Waals surface area contributed by atoms with Crippen LogP contribution >= 0.6 is 11.3 Å². The molecule has 1 aliphatic carbocycles. The summed E-state index contributed by atoms with van der Waals surface area (Å²) in [7, 11) is 0. The van der Waals surface area contributed by atoms with Crippen LogP contribution in [0, 0.1) is 0 Å². The SMILES string of the molecule is NNC(Cc1cccs1)C1=CCCCC1. The Labute approximate surface area is 95.2 Å². The molecule has 2 rings (SSSR count). The first-order valence-corrected chi connectivity index (χ1v) is 6.45. The molecule has 1 atom stereocenters. The molecule has 2 nitrogen and oxygen atoms in total. The van der Waals surface area contributed by atoms with E-state index in [9.17, 15) is 0 Å². The minimum atomic E-state index is 0.337. The third kappa shape index (κ3) is 2.91. The van der Waals surface area contributed by atoms with Crippen LogP contribution in [0.15, 0.2) is 29.2 Å². The smallest absolute Gasteiger partial charge is 0.0468 e. The summed E-state index contributed by atoms with van der Waals surface area (Å²) >= 11 is 1.81. The van der Waals surface area contributed by atoms with Crippen LogP contribution in [-0.4, -0.2) is 6.04 Å². The molecule has 1 aromatic rings. The first-order chi connectivity index (χ1) is 7.40. The van der Waals surface area contributed by atoms with Crippen LogP contribution in [0.25, 0.3) is 0 Å². The van der Waals surface area contributed by atoms with E-state index in [4.69, 9.17) is 5.84 Å². The normalized spacial score (nSPS) is 18.6. The second-order valence-electron chi connectivity index (χ2n) is 4.03. The van der Waals surface area contributed by atoms with Crippen molar-refractivity contribution in [2.75, 3.05) is 0 Å². The highest BCUT2D eigenvalue weighted by Crippen LogP contribution is 2.23. The summed E-state index contributed by atoms with van der Waals surface area (Å²) in [6.45, 7) is 0. The summed E-state index contributed by atoms with van der Waals surface area (Å²) in [6.07, 6.45) is 8.47. The summed E-state index contributed by atoms with van der Waals surface area (Å²) in [5.41, 5.74) is 4.45. The van der Waals surface area contributed by atoms with Gasteiger partial charge < -0.3 is 0 Å². The molecule has 0 spiro atoms. The predicted octanol–water partition coefficient (Wildman–Crippen LogP) is 2.62. The molecule has 1 unspecified atom stereocenters. The van der Waals surface area contributed by atoms with E-state index in [0.717, 1.165) is 6.42 Å². The van der Waals surface area contributed by atoms with Gasteiger partial charge >= 0.3 is 0 Å². The van der Waals surface area contributed by atoms with Gasteiger partial charge in [-0.2, -0.15) is 0 Å². The predicted molar refractivity (Wildman–Crippen MR) is 65.7 cm³/mol. The molecule has 82 valence electrons. The number of hydrazine groups is 1. The molecule has 0 radical (unpaired) electrons. The van der Waals surface area contributed by atoms with E-state index >= 15 is 0 Å². The van der Waals surface area contributed by atoms with Gasteiger partial charge in [0.1, 0.15) is 0 Å². The maximum Gasteiger partial charge on any atom is 0.0468 e. The molecule has 0 saturated carbocycles. The van der Waals surface area contributed by atoms with E-state index in [2.05, 4.69) is 29.0 Å². The van der Waals surface area contributed by atoms with Crippen molar-refractivity contribution in [3.63, 3.8) is 0 Å². The van der Waals surface area contributed by atoms with Gasteiger partial charge in [-0.05, 0) is 37.1 Å². The van der Waals surface area contributed by atoms with Gasteiger partial charge in [-0.15, -0.1) is 11.3 Å². The van der Waals surface area contributed by atoms with E-state index in [0.29, 0.717) is 6.04 Å². The largest absolute Gasteiger partial charge is 0.271 e. The lowest BCUT2D eigenvalue weighted by Crippen LogP contribution is -2.38. The lowest BCUT2D eigenvalue weighted by molar-refractivity contribution is 0.545. The molecule has 3 heteroatoms. The van der Waals surface area contributed by atoms with Crippen molar-refractivity contribution in [2.45, 2.75) is 38.1 Å². The number of hydrogen-bond acceptors (Lipinski definition) is 3. The number of hydrogen-bond donors (Lipinski definition) is 2. The minimum absolute atomic E-state index is 0.337. The number of thiophene rings is 1. The maximum absolute atomic E-state index is 5.63. The van der Waals surface area contributed by atoms with Gasteiger partial charge in [0.25, 0.3) is 0 Å². The second-order valence-corrected chi connectivity index (χ2v) is 5.06. The molecule has 1 heterocycles. The van der Waals surface area contributed by atoms with E-state index in [1.807, 2.05) is 11.3 Å². The van der Waals surface area contributed by atoms with Crippen LogP contribution in [-0.2, 0) is 6.42 Å². The molecule has 0 fully saturated rings. The Bertz CT molecular complexity index is 316. The van der Waals surface area contributed by atoms with Crippen LogP contribution in [0.2, 0.25) is 0 Å². The molecular weight excluding hydrogens is 204 g/mol. The molecule has 15 heavy (non-hydrogen) atoms. The van der Waals surface area contributed by atoms with Gasteiger partial charge in [-0.3, -0.25) is 11.3 Å². The first kappa shape index (κ1) is 10.9. The molecule has 0 aromatic carbocycles. The average Bonchev–Trinajstić information content (AvgIpc) is 2.80. The van der Waals surface area contributed by atoms with Gasteiger partial charge in [0, 0.05) is 17.3 Å². The minimum Gasteiger partial charge on any atom is -0.271 e. The van der Waals surface area contributed by atoms with Gasteiger partial charge in [0.15, 0.2) is 0 Å². The summed E-state index contributed by atoms with van der Waals surface area (Å²) < 4.78 is 0. The zero-order chi connectivity index (χ0) is 10.5. The number of nitrogens with one attached hydrogen (secondary N) is 1. The Hall–Kier alpha value is -0.640. The Morgan fingerprint density at radius 2 is 2.40 bits per heavy atom. The Balaban J connectivity index is 2.00. The second kappa shape index (κ2) is 5.45. The van der Waals surface area contributed by atoms with Gasteiger partial charge in [-0.1, -0.05) is 17.7 Å². The topological polar surface area (TPSA) is 38.0 Å². The molecule has 1 aromatic heterocycles. The molecule has 0 aliphatic heterocycles. The summed E-state index contributed by atoms with van der Waals surface area (Å²) in [5, 5.41) is 2.12. The molecule has 3 N–H and O–H groups in total. The fourth-order valence-electron chi connectivity index (χ4n) is 2.11. The first-order valence-electron chi connectivity index (χ1n) is 5.57. The molecule has 1 aliphatic rings.